The standard InChI is InChI=1S/C6H9NO2S/c1-6(3-7,4-10-2)5(8)9/h4H2,1-2H3,(H,8,9). The molecule has 0 saturated heterocycles. The fourth-order valence-corrected chi connectivity index (χ4v) is 1.20. The van der Waals surface area contributed by atoms with E-state index in [9.17, 15) is 4.79 Å². The van der Waals surface area contributed by atoms with E-state index in [4.69, 9.17) is 10.4 Å². The number of rotatable bonds is 3. The SMILES string of the molecule is CSCC(C)(C#N)C(=O)O. The molecule has 0 rings (SSSR count). The second kappa shape index (κ2) is 3.47. The van der Waals surface area contributed by atoms with Crippen molar-refractivity contribution >= 4 is 17.7 Å². The van der Waals surface area contributed by atoms with Crippen molar-refractivity contribution in [1.82, 2.24) is 0 Å². The Morgan fingerprint density at radius 2 is 2.40 bits per heavy atom. The third kappa shape index (κ3) is 1.92. The molecular weight excluding hydrogens is 150 g/mol. The molecule has 0 fully saturated rings. The molecule has 3 nitrogen and oxygen atoms in total. The summed E-state index contributed by atoms with van der Waals surface area (Å²) in [6.07, 6.45) is 1.78. The number of carbonyl (C=O) groups is 1. The maximum atomic E-state index is 10.4. The van der Waals surface area contributed by atoms with E-state index in [2.05, 4.69) is 0 Å². The van der Waals surface area contributed by atoms with E-state index in [1.807, 2.05) is 0 Å². The van der Waals surface area contributed by atoms with Crippen molar-refractivity contribution in [2.45, 2.75) is 6.92 Å². The van der Waals surface area contributed by atoms with Crippen LogP contribution >= 0.6 is 11.8 Å². The summed E-state index contributed by atoms with van der Waals surface area (Å²) < 4.78 is 0. The molecular formula is C6H9NO2S. The third-order valence-corrected chi connectivity index (χ3v) is 2.02. The molecule has 1 unspecified atom stereocenters. The highest BCUT2D eigenvalue weighted by atomic mass is 32.2. The lowest BCUT2D eigenvalue weighted by Gasteiger charge is -2.12. The van der Waals surface area contributed by atoms with Gasteiger partial charge in [-0.25, -0.2) is 0 Å². The Hall–Kier alpha value is -0.690. The average Bonchev–Trinajstić information content (AvgIpc) is 1.88. The van der Waals surface area contributed by atoms with E-state index in [0.29, 0.717) is 5.75 Å². The van der Waals surface area contributed by atoms with Gasteiger partial charge in [-0.15, -0.1) is 0 Å². The zero-order chi connectivity index (χ0) is 8.20. The average molecular weight is 159 g/mol. The maximum Gasteiger partial charge on any atom is 0.324 e. The van der Waals surface area contributed by atoms with Crippen LogP contribution in [0.25, 0.3) is 0 Å². The summed E-state index contributed by atoms with van der Waals surface area (Å²) in [7, 11) is 0. The van der Waals surface area contributed by atoms with Crippen molar-refractivity contribution in [3.63, 3.8) is 0 Å². The lowest BCUT2D eigenvalue weighted by molar-refractivity contribution is -0.143. The zero-order valence-electron chi connectivity index (χ0n) is 5.92. The Morgan fingerprint density at radius 3 is 2.50 bits per heavy atom. The predicted molar refractivity (Wildman–Crippen MR) is 39.7 cm³/mol. The number of nitrogens with zero attached hydrogens (tertiary/aromatic N) is 1. The summed E-state index contributed by atoms with van der Waals surface area (Å²) in [6, 6.07) is 1.76. The van der Waals surface area contributed by atoms with E-state index in [0.717, 1.165) is 0 Å². The quantitative estimate of drug-likeness (QED) is 0.666. The lowest BCUT2D eigenvalue weighted by atomic mass is 9.96. The van der Waals surface area contributed by atoms with Crippen LogP contribution in [0.1, 0.15) is 6.92 Å². The molecule has 0 aliphatic heterocycles. The van der Waals surface area contributed by atoms with Crippen LogP contribution in [0.4, 0.5) is 0 Å². The Morgan fingerprint density at radius 1 is 1.90 bits per heavy atom. The van der Waals surface area contributed by atoms with Crippen molar-refractivity contribution in [3.8, 4) is 6.07 Å². The highest BCUT2D eigenvalue weighted by molar-refractivity contribution is 7.98. The number of carboxylic acid groups (broad SMARTS) is 1. The van der Waals surface area contributed by atoms with Crippen LogP contribution < -0.4 is 0 Å². The van der Waals surface area contributed by atoms with Crippen molar-refractivity contribution < 1.29 is 9.90 Å². The molecule has 1 atom stereocenters. The molecule has 0 aromatic rings. The fourth-order valence-electron chi connectivity index (χ4n) is 0.431. The van der Waals surface area contributed by atoms with Gasteiger partial charge in [0.1, 0.15) is 0 Å². The summed E-state index contributed by atoms with van der Waals surface area (Å²) in [6.45, 7) is 1.42. The zero-order valence-corrected chi connectivity index (χ0v) is 6.73. The first-order valence-electron chi connectivity index (χ1n) is 2.70. The van der Waals surface area contributed by atoms with Crippen LogP contribution in [0.5, 0.6) is 0 Å². The molecule has 10 heavy (non-hydrogen) atoms. The van der Waals surface area contributed by atoms with Gasteiger partial charge in [0.25, 0.3) is 0 Å². The van der Waals surface area contributed by atoms with E-state index < -0.39 is 11.4 Å². The number of aliphatic carboxylic acids is 1. The summed E-state index contributed by atoms with van der Waals surface area (Å²) in [5.74, 6) is -0.719. The van der Waals surface area contributed by atoms with Crippen LogP contribution in [0.15, 0.2) is 0 Å². The number of nitriles is 1. The molecule has 0 amide bonds. The largest absolute Gasteiger partial charge is 0.480 e. The highest BCUT2D eigenvalue weighted by Crippen LogP contribution is 2.19. The van der Waals surface area contributed by atoms with Gasteiger partial charge in [-0.3, -0.25) is 4.79 Å². The summed E-state index contributed by atoms with van der Waals surface area (Å²) >= 11 is 1.36. The molecule has 56 valence electrons. The van der Waals surface area contributed by atoms with Crippen molar-refractivity contribution in [2.75, 3.05) is 12.0 Å². The van der Waals surface area contributed by atoms with Crippen LogP contribution in [-0.4, -0.2) is 23.1 Å². The first-order chi connectivity index (χ1) is 4.56. The van der Waals surface area contributed by atoms with E-state index in [1.54, 1.807) is 12.3 Å². The van der Waals surface area contributed by atoms with E-state index in [1.165, 1.54) is 18.7 Å². The minimum atomic E-state index is -1.22. The number of carboxylic acids is 1. The number of thioether (sulfide) groups is 1. The number of hydrogen-bond donors (Lipinski definition) is 1. The Kier molecular flexibility index (Phi) is 3.23. The van der Waals surface area contributed by atoms with Crippen LogP contribution in [0, 0.1) is 16.7 Å². The molecule has 0 spiro atoms. The smallest absolute Gasteiger partial charge is 0.324 e. The van der Waals surface area contributed by atoms with E-state index in [-0.39, 0.29) is 0 Å². The molecule has 0 aromatic heterocycles. The molecule has 0 aromatic carbocycles. The second-order valence-electron chi connectivity index (χ2n) is 2.18. The molecule has 0 aliphatic carbocycles. The summed E-state index contributed by atoms with van der Waals surface area (Å²) in [4.78, 5) is 10.4. The Balaban J connectivity index is 4.27. The maximum absolute atomic E-state index is 10.4. The van der Waals surface area contributed by atoms with Crippen LogP contribution in [0.2, 0.25) is 0 Å². The van der Waals surface area contributed by atoms with Gasteiger partial charge in [0.05, 0.1) is 6.07 Å². The monoisotopic (exact) mass is 159 g/mol. The van der Waals surface area contributed by atoms with Gasteiger partial charge in [-0.05, 0) is 13.2 Å². The Labute approximate surface area is 64.0 Å². The minimum absolute atomic E-state index is 0.332. The molecule has 1 N–H and O–H groups in total. The topological polar surface area (TPSA) is 61.1 Å². The minimum Gasteiger partial charge on any atom is -0.480 e. The van der Waals surface area contributed by atoms with Crippen LogP contribution in [-0.2, 0) is 4.79 Å². The van der Waals surface area contributed by atoms with E-state index >= 15 is 0 Å². The summed E-state index contributed by atoms with van der Waals surface area (Å²) in [5.41, 5.74) is -1.22. The van der Waals surface area contributed by atoms with Gasteiger partial charge in [-0.1, -0.05) is 0 Å². The van der Waals surface area contributed by atoms with Gasteiger partial charge in [0.2, 0.25) is 0 Å². The van der Waals surface area contributed by atoms with Gasteiger partial charge >= 0.3 is 5.97 Å². The molecule has 0 saturated carbocycles. The van der Waals surface area contributed by atoms with Crippen molar-refractivity contribution in [2.24, 2.45) is 5.41 Å². The Bertz CT molecular complexity index is 175. The normalized spacial score (nSPS) is 15.3. The summed E-state index contributed by atoms with van der Waals surface area (Å²) in [5, 5.41) is 17.0. The first-order valence-corrected chi connectivity index (χ1v) is 4.10. The van der Waals surface area contributed by atoms with Gasteiger partial charge < -0.3 is 5.11 Å². The highest BCUT2D eigenvalue weighted by Gasteiger charge is 2.32. The molecule has 0 bridgehead atoms. The molecule has 0 aliphatic rings. The van der Waals surface area contributed by atoms with Gasteiger partial charge in [0, 0.05) is 5.75 Å². The van der Waals surface area contributed by atoms with Gasteiger partial charge in [0.15, 0.2) is 5.41 Å². The third-order valence-electron chi connectivity index (χ3n) is 1.15. The van der Waals surface area contributed by atoms with Crippen LogP contribution in [0.3, 0.4) is 0 Å². The predicted octanol–water partition coefficient (Wildman–Crippen LogP) is 0.964. The first kappa shape index (κ1) is 9.31. The lowest BCUT2D eigenvalue weighted by Crippen LogP contribution is -2.28. The number of hydrogen-bond acceptors (Lipinski definition) is 3. The fraction of sp³-hybridized carbons (Fsp3) is 0.667. The molecule has 4 heteroatoms. The van der Waals surface area contributed by atoms with Crippen molar-refractivity contribution in [1.29, 1.82) is 5.26 Å². The molecule has 0 heterocycles. The molecule has 0 radical (unpaired) electrons. The van der Waals surface area contributed by atoms with Gasteiger partial charge in [-0.2, -0.15) is 17.0 Å². The van der Waals surface area contributed by atoms with Crippen molar-refractivity contribution in [3.05, 3.63) is 0 Å². The second-order valence-corrected chi connectivity index (χ2v) is 3.05.